The standard InChI is InChI=1S/C18H21FN2O2/c1-13(20)8-9-18(22)21-16-6-2-4-14(10-16)12-23-17-7-3-5-15(19)11-17/h2-7,10-11,13H,8-9,12,20H2,1H3,(H,21,22). The van der Waals surface area contributed by atoms with Crippen molar-refractivity contribution in [3.05, 3.63) is 59.9 Å². The number of carbonyl (C=O) groups is 1. The predicted molar refractivity (Wildman–Crippen MR) is 88.7 cm³/mol. The number of benzene rings is 2. The molecule has 1 atom stereocenters. The van der Waals surface area contributed by atoms with Crippen LogP contribution in [0.2, 0.25) is 0 Å². The van der Waals surface area contributed by atoms with Gasteiger partial charge in [-0.1, -0.05) is 18.2 Å². The number of ether oxygens (including phenoxy) is 1. The maximum atomic E-state index is 13.1. The second-order valence-corrected chi connectivity index (χ2v) is 5.51. The van der Waals surface area contributed by atoms with Gasteiger partial charge in [-0.25, -0.2) is 4.39 Å². The van der Waals surface area contributed by atoms with Crippen LogP contribution in [0.4, 0.5) is 10.1 Å². The largest absolute Gasteiger partial charge is 0.489 e. The van der Waals surface area contributed by atoms with E-state index in [4.69, 9.17) is 10.5 Å². The molecule has 0 aliphatic carbocycles. The maximum absolute atomic E-state index is 13.1. The lowest BCUT2D eigenvalue weighted by molar-refractivity contribution is -0.116. The summed E-state index contributed by atoms with van der Waals surface area (Å²) >= 11 is 0. The zero-order valence-electron chi connectivity index (χ0n) is 13.1. The number of nitrogens with one attached hydrogen (secondary N) is 1. The first-order valence-corrected chi connectivity index (χ1v) is 7.55. The number of hydrogen-bond donors (Lipinski definition) is 2. The summed E-state index contributed by atoms with van der Waals surface area (Å²) in [4.78, 5) is 11.8. The minimum absolute atomic E-state index is 0.00625. The van der Waals surface area contributed by atoms with Crippen molar-refractivity contribution < 1.29 is 13.9 Å². The van der Waals surface area contributed by atoms with E-state index in [1.54, 1.807) is 12.1 Å². The average Bonchev–Trinajstić information content (AvgIpc) is 2.51. The second-order valence-electron chi connectivity index (χ2n) is 5.51. The summed E-state index contributed by atoms with van der Waals surface area (Å²) < 4.78 is 18.6. The van der Waals surface area contributed by atoms with Gasteiger partial charge < -0.3 is 15.8 Å². The van der Waals surface area contributed by atoms with Crippen LogP contribution in [0, 0.1) is 5.82 Å². The Balaban J connectivity index is 1.90. The van der Waals surface area contributed by atoms with Gasteiger partial charge in [0.25, 0.3) is 0 Å². The van der Waals surface area contributed by atoms with Crippen LogP contribution in [-0.2, 0) is 11.4 Å². The number of halogens is 1. The minimum Gasteiger partial charge on any atom is -0.489 e. The Morgan fingerprint density at radius 1 is 1.26 bits per heavy atom. The summed E-state index contributed by atoms with van der Waals surface area (Å²) in [7, 11) is 0. The van der Waals surface area contributed by atoms with E-state index in [0.29, 0.717) is 30.9 Å². The summed E-state index contributed by atoms with van der Waals surface area (Å²) in [6.45, 7) is 2.17. The van der Waals surface area contributed by atoms with E-state index in [1.807, 2.05) is 31.2 Å². The molecule has 0 saturated heterocycles. The summed E-state index contributed by atoms with van der Waals surface area (Å²) in [5.41, 5.74) is 7.24. The highest BCUT2D eigenvalue weighted by molar-refractivity contribution is 5.90. The summed E-state index contributed by atoms with van der Waals surface area (Å²) in [6.07, 6.45) is 1.04. The monoisotopic (exact) mass is 316 g/mol. The van der Waals surface area contributed by atoms with E-state index in [2.05, 4.69) is 5.32 Å². The first-order chi connectivity index (χ1) is 11.0. The molecule has 2 aromatic carbocycles. The Labute approximate surface area is 135 Å². The zero-order chi connectivity index (χ0) is 16.7. The number of hydrogen-bond acceptors (Lipinski definition) is 3. The molecule has 0 fully saturated rings. The van der Waals surface area contributed by atoms with Crippen LogP contribution in [0.1, 0.15) is 25.3 Å². The van der Waals surface area contributed by atoms with Crippen molar-refractivity contribution in [1.82, 2.24) is 0 Å². The molecule has 0 aliphatic heterocycles. The first kappa shape index (κ1) is 17.0. The number of nitrogens with two attached hydrogens (primary N) is 1. The van der Waals surface area contributed by atoms with Crippen LogP contribution in [0.25, 0.3) is 0 Å². The Morgan fingerprint density at radius 3 is 2.78 bits per heavy atom. The molecule has 1 unspecified atom stereocenters. The Hall–Kier alpha value is -2.40. The van der Waals surface area contributed by atoms with Crippen molar-refractivity contribution in [3.63, 3.8) is 0 Å². The van der Waals surface area contributed by atoms with Crippen LogP contribution >= 0.6 is 0 Å². The van der Waals surface area contributed by atoms with E-state index in [9.17, 15) is 9.18 Å². The van der Waals surface area contributed by atoms with Gasteiger partial charge in [-0.05, 0) is 43.2 Å². The highest BCUT2D eigenvalue weighted by Gasteiger charge is 2.05. The van der Waals surface area contributed by atoms with E-state index in [0.717, 1.165) is 5.56 Å². The molecule has 122 valence electrons. The molecule has 2 aromatic rings. The average molecular weight is 316 g/mol. The molecule has 0 spiro atoms. The molecular formula is C18H21FN2O2. The van der Waals surface area contributed by atoms with Crippen LogP contribution < -0.4 is 15.8 Å². The molecule has 0 aliphatic rings. The first-order valence-electron chi connectivity index (χ1n) is 7.55. The Morgan fingerprint density at radius 2 is 2.04 bits per heavy atom. The van der Waals surface area contributed by atoms with Crippen LogP contribution in [-0.4, -0.2) is 11.9 Å². The summed E-state index contributed by atoms with van der Waals surface area (Å²) in [5.74, 6) is 0.0690. The van der Waals surface area contributed by atoms with Crippen molar-refractivity contribution in [2.75, 3.05) is 5.32 Å². The summed E-state index contributed by atoms with van der Waals surface area (Å²) in [5, 5.41) is 2.83. The van der Waals surface area contributed by atoms with Gasteiger partial charge in [0.2, 0.25) is 5.91 Å². The van der Waals surface area contributed by atoms with Gasteiger partial charge >= 0.3 is 0 Å². The maximum Gasteiger partial charge on any atom is 0.224 e. The van der Waals surface area contributed by atoms with Gasteiger partial charge in [0, 0.05) is 24.2 Å². The van der Waals surface area contributed by atoms with Gasteiger partial charge in [0.05, 0.1) is 0 Å². The van der Waals surface area contributed by atoms with Crippen molar-refractivity contribution in [3.8, 4) is 5.75 Å². The fourth-order valence-electron chi connectivity index (χ4n) is 2.04. The van der Waals surface area contributed by atoms with Gasteiger partial charge in [-0.15, -0.1) is 0 Å². The highest BCUT2D eigenvalue weighted by Crippen LogP contribution is 2.16. The lowest BCUT2D eigenvalue weighted by Crippen LogP contribution is -2.19. The molecule has 5 heteroatoms. The van der Waals surface area contributed by atoms with E-state index >= 15 is 0 Å². The number of anilines is 1. The fourth-order valence-corrected chi connectivity index (χ4v) is 2.04. The van der Waals surface area contributed by atoms with E-state index < -0.39 is 0 Å². The molecule has 2 rings (SSSR count). The third kappa shape index (κ3) is 6.08. The number of carbonyl (C=O) groups excluding carboxylic acids is 1. The third-order valence-corrected chi connectivity index (χ3v) is 3.24. The fraction of sp³-hybridized carbons (Fsp3) is 0.278. The normalized spacial score (nSPS) is 11.8. The topological polar surface area (TPSA) is 64.4 Å². The van der Waals surface area contributed by atoms with Gasteiger partial charge in [-0.2, -0.15) is 0 Å². The quantitative estimate of drug-likeness (QED) is 0.822. The van der Waals surface area contributed by atoms with Gasteiger partial charge in [0.1, 0.15) is 18.2 Å². The van der Waals surface area contributed by atoms with Crippen LogP contribution in [0.3, 0.4) is 0 Å². The predicted octanol–water partition coefficient (Wildman–Crippen LogP) is 3.47. The molecule has 0 saturated carbocycles. The van der Waals surface area contributed by atoms with Gasteiger partial charge in [-0.3, -0.25) is 4.79 Å². The third-order valence-electron chi connectivity index (χ3n) is 3.24. The lowest BCUT2D eigenvalue weighted by atomic mass is 10.1. The Kier molecular flexibility index (Phi) is 6.11. The van der Waals surface area contributed by atoms with E-state index in [-0.39, 0.29) is 17.8 Å². The summed E-state index contributed by atoms with van der Waals surface area (Å²) in [6, 6.07) is 13.4. The second kappa shape index (κ2) is 8.29. The van der Waals surface area contributed by atoms with Crippen molar-refractivity contribution in [2.24, 2.45) is 5.73 Å². The van der Waals surface area contributed by atoms with Crippen LogP contribution in [0.5, 0.6) is 5.75 Å². The van der Waals surface area contributed by atoms with Crippen molar-refractivity contribution in [2.45, 2.75) is 32.4 Å². The molecule has 4 nitrogen and oxygen atoms in total. The van der Waals surface area contributed by atoms with E-state index in [1.165, 1.54) is 12.1 Å². The smallest absolute Gasteiger partial charge is 0.224 e. The number of rotatable bonds is 7. The van der Waals surface area contributed by atoms with Crippen molar-refractivity contribution in [1.29, 1.82) is 0 Å². The molecule has 0 heterocycles. The molecule has 3 N–H and O–H groups in total. The molecule has 0 radical (unpaired) electrons. The lowest BCUT2D eigenvalue weighted by Gasteiger charge is -2.10. The molecular weight excluding hydrogens is 295 g/mol. The van der Waals surface area contributed by atoms with Gasteiger partial charge in [0.15, 0.2) is 0 Å². The molecule has 1 amide bonds. The van der Waals surface area contributed by atoms with Crippen molar-refractivity contribution >= 4 is 11.6 Å². The Bertz CT molecular complexity index is 659. The number of amides is 1. The van der Waals surface area contributed by atoms with Crippen LogP contribution in [0.15, 0.2) is 48.5 Å². The molecule has 0 bridgehead atoms. The molecule has 0 aromatic heterocycles. The SMILES string of the molecule is CC(N)CCC(=O)Nc1cccc(COc2cccc(F)c2)c1. The zero-order valence-corrected chi connectivity index (χ0v) is 13.1. The highest BCUT2D eigenvalue weighted by atomic mass is 19.1. The molecule has 23 heavy (non-hydrogen) atoms. The minimum atomic E-state index is -0.336.